The first-order chi connectivity index (χ1) is 10.4. The lowest BCUT2D eigenvalue weighted by molar-refractivity contribution is -0.140. The Labute approximate surface area is 137 Å². The van der Waals surface area contributed by atoms with Crippen molar-refractivity contribution in [2.75, 3.05) is 13.1 Å². The van der Waals surface area contributed by atoms with Crippen molar-refractivity contribution in [3.63, 3.8) is 0 Å². The Hall–Kier alpha value is -1.26. The molecule has 22 heavy (non-hydrogen) atoms. The number of aryl methyl sites for hydroxylation is 1. The zero-order valence-corrected chi connectivity index (χ0v) is 14.1. The van der Waals surface area contributed by atoms with Crippen molar-refractivity contribution >= 4 is 17.5 Å². The molecule has 1 aliphatic rings. The molecule has 3 unspecified atom stereocenters. The highest BCUT2D eigenvalue weighted by Gasteiger charge is 2.29. The first-order valence-electron chi connectivity index (χ1n) is 7.78. The van der Waals surface area contributed by atoms with Crippen LogP contribution in [0.5, 0.6) is 5.75 Å². The number of ether oxygens (including phenoxy) is 1. The minimum absolute atomic E-state index is 0.0281. The number of nitrogens with zero attached hydrogens (tertiary/aromatic N) is 1. The molecule has 0 aromatic heterocycles. The molecule has 0 aliphatic carbocycles. The number of halogens is 1. The van der Waals surface area contributed by atoms with E-state index >= 15 is 0 Å². The maximum absolute atomic E-state index is 12.5. The van der Waals surface area contributed by atoms with E-state index in [2.05, 4.69) is 0 Å². The molecule has 0 radical (unpaired) electrons. The summed E-state index contributed by atoms with van der Waals surface area (Å²) in [5.41, 5.74) is 0.910. The van der Waals surface area contributed by atoms with E-state index in [1.807, 2.05) is 13.0 Å². The molecule has 0 bridgehead atoms. The van der Waals surface area contributed by atoms with Gasteiger partial charge in [0.1, 0.15) is 5.75 Å². The zero-order chi connectivity index (χ0) is 16.3. The molecule has 1 N–H and O–H groups in total. The lowest BCUT2D eigenvalue weighted by Gasteiger charge is -2.35. The standard InChI is InChI=1S/C17H24ClNO3/c1-11-9-15(18)6-7-16(11)22-13(3)17(21)19-8-4-5-14(10-19)12(2)20/h6-7,9,12-14,20H,4-5,8,10H2,1-3H3. The molecule has 1 aromatic carbocycles. The fraction of sp³-hybridized carbons (Fsp3) is 0.588. The first-order valence-corrected chi connectivity index (χ1v) is 8.16. The van der Waals surface area contributed by atoms with Crippen LogP contribution in [0.25, 0.3) is 0 Å². The van der Waals surface area contributed by atoms with Crippen molar-refractivity contribution in [1.82, 2.24) is 4.90 Å². The molecule has 1 aromatic rings. The third-order valence-corrected chi connectivity index (χ3v) is 4.48. The van der Waals surface area contributed by atoms with Crippen LogP contribution in [0.3, 0.4) is 0 Å². The van der Waals surface area contributed by atoms with E-state index in [1.54, 1.807) is 30.9 Å². The third kappa shape index (κ3) is 4.14. The molecule has 1 heterocycles. The van der Waals surface area contributed by atoms with Gasteiger partial charge in [0, 0.05) is 24.0 Å². The number of carbonyl (C=O) groups is 1. The molecule has 5 heteroatoms. The van der Waals surface area contributed by atoms with Gasteiger partial charge in [-0.3, -0.25) is 4.79 Å². The van der Waals surface area contributed by atoms with Crippen LogP contribution in [-0.2, 0) is 4.79 Å². The fourth-order valence-corrected chi connectivity index (χ4v) is 3.07. The lowest BCUT2D eigenvalue weighted by atomic mass is 9.93. The second-order valence-electron chi connectivity index (χ2n) is 6.10. The van der Waals surface area contributed by atoms with Crippen molar-refractivity contribution in [1.29, 1.82) is 0 Å². The third-order valence-electron chi connectivity index (χ3n) is 4.24. The van der Waals surface area contributed by atoms with Gasteiger partial charge in [-0.1, -0.05) is 11.6 Å². The summed E-state index contributed by atoms with van der Waals surface area (Å²) in [5, 5.41) is 10.4. The molecule has 3 atom stereocenters. The molecule has 2 rings (SSSR count). The monoisotopic (exact) mass is 325 g/mol. The van der Waals surface area contributed by atoms with E-state index in [4.69, 9.17) is 16.3 Å². The quantitative estimate of drug-likeness (QED) is 0.925. The molecule has 1 amide bonds. The number of benzene rings is 1. The van der Waals surface area contributed by atoms with Gasteiger partial charge in [-0.25, -0.2) is 0 Å². The largest absolute Gasteiger partial charge is 0.481 e. The zero-order valence-electron chi connectivity index (χ0n) is 13.4. The number of carbonyl (C=O) groups excluding carboxylic acids is 1. The molecule has 1 saturated heterocycles. The van der Waals surface area contributed by atoms with Crippen LogP contribution < -0.4 is 4.74 Å². The van der Waals surface area contributed by atoms with Gasteiger partial charge in [-0.2, -0.15) is 0 Å². The topological polar surface area (TPSA) is 49.8 Å². The minimum atomic E-state index is -0.548. The van der Waals surface area contributed by atoms with Crippen molar-refractivity contribution in [2.24, 2.45) is 5.92 Å². The van der Waals surface area contributed by atoms with Crippen LogP contribution in [0.4, 0.5) is 0 Å². The highest BCUT2D eigenvalue weighted by atomic mass is 35.5. The predicted octanol–water partition coefficient (Wildman–Crippen LogP) is 3.04. The van der Waals surface area contributed by atoms with Crippen LogP contribution in [0.2, 0.25) is 5.02 Å². The Morgan fingerprint density at radius 3 is 2.82 bits per heavy atom. The van der Waals surface area contributed by atoms with Crippen molar-refractivity contribution < 1.29 is 14.6 Å². The van der Waals surface area contributed by atoms with Crippen LogP contribution in [0.1, 0.15) is 32.3 Å². The Morgan fingerprint density at radius 1 is 1.45 bits per heavy atom. The van der Waals surface area contributed by atoms with E-state index in [0.29, 0.717) is 17.3 Å². The predicted molar refractivity (Wildman–Crippen MR) is 87.3 cm³/mol. The maximum Gasteiger partial charge on any atom is 0.263 e. The van der Waals surface area contributed by atoms with Crippen LogP contribution in [-0.4, -0.2) is 41.2 Å². The number of piperidine rings is 1. The number of amides is 1. The first kappa shape index (κ1) is 17.1. The SMILES string of the molecule is Cc1cc(Cl)ccc1OC(C)C(=O)N1CCCC(C(C)O)C1. The Bertz CT molecular complexity index is 533. The van der Waals surface area contributed by atoms with E-state index in [0.717, 1.165) is 24.9 Å². The summed E-state index contributed by atoms with van der Waals surface area (Å²) >= 11 is 5.93. The van der Waals surface area contributed by atoms with Gasteiger partial charge in [-0.05, 0) is 57.4 Å². The molecular formula is C17H24ClNO3. The van der Waals surface area contributed by atoms with Gasteiger partial charge >= 0.3 is 0 Å². The second-order valence-corrected chi connectivity index (χ2v) is 6.53. The van der Waals surface area contributed by atoms with Crippen molar-refractivity contribution in [3.05, 3.63) is 28.8 Å². The summed E-state index contributed by atoms with van der Waals surface area (Å²) in [6.45, 7) is 6.79. The smallest absolute Gasteiger partial charge is 0.263 e. The Balaban J connectivity index is 1.99. The molecule has 0 saturated carbocycles. The summed E-state index contributed by atoms with van der Waals surface area (Å²) in [7, 11) is 0. The van der Waals surface area contributed by atoms with Gasteiger partial charge in [0.25, 0.3) is 5.91 Å². The Morgan fingerprint density at radius 2 is 2.18 bits per heavy atom. The summed E-state index contributed by atoms with van der Waals surface area (Å²) in [6.07, 6.45) is 0.957. The number of aliphatic hydroxyl groups is 1. The number of likely N-dealkylation sites (tertiary alicyclic amines) is 1. The molecule has 1 aliphatic heterocycles. The minimum Gasteiger partial charge on any atom is -0.481 e. The molecule has 122 valence electrons. The Kier molecular flexibility index (Phi) is 5.70. The second kappa shape index (κ2) is 7.34. The summed E-state index contributed by atoms with van der Waals surface area (Å²) in [5.74, 6) is 0.802. The average molecular weight is 326 g/mol. The molecule has 4 nitrogen and oxygen atoms in total. The van der Waals surface area contributed by atoms with E-state index in [9.17, 15) is 9.90 Å². The van der Waals surface area contributed by atoms with Crippen LogP contribution >= 0.6 is 11.6 Å². The summed E-state index contributed by atoms with van der Waals surface area (Å²) < 4.78 is 5.80. The van der Waals surface area contributed by atoms with Gasteiger partial charge in [0.2, 0.25) is 0 Å². The van der Waals surface area contributed by atoms with Crippen LogP contribution in [0, 0.1) is 12.8 Å². The highest BCUT2D eigenvalue weighted by Crippen LogP contribution is 2.24. The highest BCUT2D eigenvalue weighted by molar-refractivity contribution is 6.30. The van der Waals surface area contributed by atoms with Crippen molar-refractivity contribution in [2.45, 2.75) is 45.8 Å². The van der Waals surface area contributed by atoms with Crippen LogP contribution in [0.15, 0.2) is 18.2 Å². The fourth-order valence-electron chi connectivity index (χ4n) is 2.85. The average Bonchev–Trinajstić information content (AvgIpc) is 2.49. The normalized spacial score (nSPS) is 21.3. The van der Waals surface area contributed by atoms with E-state index < -0.39 is 6.10 Å². The lowest BCUT2D eigenvalue weighted by Crippen LogP contribution is -2.47. The van der Waals surface area contributed by atoms with Gasteiger partial charge < -0.3 is 14.7 Å². The van der Waals surface area contributed by atoms with E-state index in [-0.39, 0.29) is 17.9 Å². The van der Waals surface area contributed by atoms with Crippen molar-refractivity contribution in [3.8, 4) is 5.75 Å². The maximum atomic E-state index is 12.5. The van der Waals surface area contributed by atoms with Gasteiger partial charge in [-0.15, -0.1) is 0 Å². The van der Waals surface area contributed by atoms with Gasteiger partial charge in [0.05, 0.1) is 6.10 Å². The van der Waals surface area contributed by atoms with E-state index in [1.165, 1.54) is 0 Å². The number of hydrogen-bond donors (Lipinski definition) is 1. The number of aliphatic hydroxyl groups excluding tert-OH is 1. The molecule has 1 fully saturated rings. The molecule has 0 spiro atoms. The van der Waals surface area contributed by atoms with Gasteiger partial charge in [0.15, 0.2) is 6.10 Å². The summed E-state index contributed by atoms with van der Waals surface area (Å²) in [4.78, 5) is 14.3. The number of hydrogen-bond acceptors (Lipinski definition) is 3. The summed E-state index contributed by atoms with van der Waals surface area (Å²) in [6, 6.07) is 5.36. The number of rotatable bonds is 4. The molecular weight excluding hydrogens is 302 g/mol.